The second kappa shape index (κ2) is 11.6. The quantitative estimate of drug-likeness (QED) is 0.401. The first-order valence-electron chi connectivity index (χ1n) is 10.4. The minimum Gasteiger partial charge on any atom is -0.368 e. The molecule has 0 aromatic heterocycles. The number of likely N-dealkylation sites (tertiary alicyclic amines) is 1. The highest BCUT2D eigenvalue weighted by molar-refractivity contribution is 6.00. The fourth-order valence-corrected chi connectivity index (χ4v) is 3.82. The van der Waals surface area contributed by atoms with Crippen molar-refractivity contribution in [1.82, 2.24) is 15.1 Å². The van der Waals surface area contributed by atoms with E-state index in [1.807, 2.05) is 0 Å². The molecular weight excluding hydrogens is 390 g/mol. The van der Waals surface area contributed by atoms with Gasteiger partial charge in [-0.1, -0.05) is 13.8 Å². The Kier molecular flexibility index (Phi) is 9.91. The van der Waals surface area contributed by atoms with Crippen LogP contribution in [0.5, 0.6) is 0 Å². The topological polar surface area (TPSA) is 156 Å². The Balaban J connectivity index is 3.08. The third kappa shape index (κ3) is 6.51. The summed E-state index contributed by atoms with van der Waals surface area (Å²) in [5.41, 5.74) is 10.9. The van der Waals surface area contributed by atoms with Gasteiger partial charge in [0.15, 0.2) is 0 Å². The Morgan fingerprint density at radius 3 is 2.17 bits per heavy atom. The number of nitrogens with two attached hydrogens (primary N) is 2. The van der Waals surface area contributed by atoms with Crippen molar-refractivity contribution in [1.29, 1.82) is 0 Å². The van der Waals surface area contributed by atoms with Gasteiger partial charge in [0, 0.05) is 20.4 Å². The number of carbonyl (C=O) groups is 5. The number of unbranched alkanes of at least 4 members (excludes halogenated alkanes) is 1. The Morgan fingerprint density at radius 1 is 1.10 bits per heavy atom. The van der Waals surface area contributed by atoms with E-state index >= 15 is 0 Å². The Labute approximate surface area is 177 Å². The number of nitrogens with one attached hydrogen (secondary N) is 1. The van der Waals surface area contributed by atoms with Crippen LogP contribution in [0.3, 0.4) is 0 Å². The Bertz CT molecular complexity index is 652. The van der Waals surface area contributed by atoms with E-state index in [9.17, 15) is 24.0 Å². The number of amides is 5. The van der Waals surface area contributed by atoms with Crippen molar-refractivity contribution in [2.75, 3.05) is 13.1 Å². The largest absolute Gasteiger partial charge is 0.368 e. The summed E-state index contributed by atoms with van der Waals surface area (Å²) in [6.45, 7) is 6.75. The molecular formula is C20H35N5O5. The van der Waals surface area contributed by atoms with Crippen molar-refractivity contribution in [3.63, 3.8) is 0 Å². The lowest BCUT2D eigenvalue weighted by molar-refractivity contribution is -0.154. The molecule has 0 spiro atoms. The highest BCUT2D eigenvalue weighted by Gasteiger charge is 2.41. The van der Waals surface area contributed by atoms with E-state index in [4.69, 9.17) is 11.5 Å². The summed E-state index contributed by atoms with van der Waals surface area (Å²) in [6.07, 6.45) is 2.51. The SMILES string of the molecule is CC(=O)N(C(C)=O)[C@@H](CCCCN)C(=O)N1CCC[C@H]1C(=O)N[C@H](C(N)=O)C(C)C. The van der Waals surface area contributed by atoms with Crippen molar-refractivity contribution < 1.29 is 24.0 Å². The lowest BCUT2D eigenvalue weighted by Crippen LogP contribution is -2.57. The number of hydrogen-bond donors (Lipinski definition) is 3. The normalized spacial score (nSPS) is 18.1. The smallest absolute Gasteiger partial charge is 0.246 e. The van der Waals surface area contributed by atoms with Crippen LogP contribution in [-0.4, -0.2) is 70.6 Å². The lowest BCUT2D eigenvalue weighted by atomic mass is 10.0. The average molecular weight is 426 g/mol. The first kappa shape index (κ1) is 25.5. The maximum absolute atomic E-state index is 13.3. The van der Waals surface area contributed by atoms with Gasteiger partial charge in [-0.25, -0.2) is 0 Å². The molecule has 5 amide bonds. The van der Waals surface area contributed by atoms with E-state index in [0.717, 1.165) is 4.90 Å². The lowest BCUT2D eigenvalue weighted by Gasteiger charge is -2.33. The van der Waals surface area contributed by atoms with Gasteiger partial charge in [0.05, 0.1) is 0 Å². The molecule has 1 heterocycles. The summed E-state index contributed by atoms with van der Waals surface area (Å²) in [6, 6.07) is -2.62. The van der Waals surface area contributed by atoms with Gasteiger partial charge in [0.2, 0.25) is 29.5 Å². The van der Waals surface area contributed by atoms with Gasteiger partial charge in [-0.2, -0.15) is 0 Å². The molecule has 0 radical (unpaired) electrons. The molecule has 10 heteroatoms. The summed E-state index contributed by atoms with van der Waals surface area (Å²) in [5, 5.41) is 2.64. The molecule has 10 nitrogen and oxygen atoms in total. The summed E-state index contributed by atoms with van der Waals surface area (Å²) < 4.78 is 0. The predicted octanol–water partition coefficient (Wildman–Crippen LogP) is -0.504. The molecule has 0 bridgehead atoms. The molecule has 0 saturated carbocycles. The van der Waals surface area contributed by atoms with E-state index < -0.39 is 47.7 Å². The molecule has 0 aromatic carbocycles. The standard InChI is InChI=1S/C20H35N5O5/c1-12(2)17(18(22)28)23-19(29)15-9-7-11-24(15)20(30)16(8-5-6-10-21)25(13(3)26)14(4)27/h12,15-17H,5-11,21H2,1-4H3,(H2,22,28)(H,23,29)/t15-,16-,17-/m0/s1. The van der Waals surface area contributed by atoms with Gasteiger partial charge in [0.1, 0.15) is 18.1 Å². The molecule has 1 rings (SSSR count). The highest BCUT2D eigenvalue weighted by Crippen LogP contribution is 2.23. The summed E-state index contributed by atoms with van der Waals surface area (Å²) >= 11 is 0. The fourth-order valence-electron chi connectivity index (χ4n) is 3.82. The third-order valence-electron chi connectivity index (χ3n) is 5.32. The number of primary amides is 1. The molecule has 1 aliphatic rings. The minimum absolute atomic E-state index is 0.202. The average Bonchev–Trinajstić information content (AvgIpc) is 3.13. The van der Waals surface area contributed by atoms with Gasteiger partial charge in [-0.3, -0.25) is 28.9 Å². The van der Waals surface area contributed by atoms with Crippen molar-refractivity contribution >= 4 is 29.5 Å². The van der Waals surface area contributed by atoms with Crippen molar-refractivity contribution in [2.45, 2.75) is 77.9 Å². The Hall–Kier alpha value is -2.49. The van der Waals surface area contributed by atoms with Crippen LogP contribution in [0.2, 0.25) is 0 Å². The molecule has 170 valence electrons. The maximum Gasteiger partial charge on any atom is 0.246 e. The summed E-state index contributed by atoms with van der Waals surface area (Å²) in [4.78, 5) is 64.3. The van der Waals surface area contributed by atoms with Gasteiger partial charge in [0.25, 0.3) is 0 Å². The molecule has 0 aliphatic carbocycles. The summed E-state index contributed by atoms with van der Waals surface area (Å²) in [7, 11) is 0. The minimum atomic E-state index is -0.989. The van der Waals surface area contributed by atoms with Gasteiger partial charge >= 0.3 is 0 Å². The second-order valence-corrected chi connectivity index (χ2v) is 8.03. The monoisotopic (exact) mass is 425 g/mol. The van der Waals surface area contributed by atoms with Crippen LogP contribution < -0.4 is 16.8 Å². The van der Waals surface area contributed by atoms with Crippen LogP contribution >= 0.6 is 0 Å². The zero-order chi connectivity index (χ0) is 23.0. The van der Waals surface area contributed by atoms with Crippen LogP contribution in [0, 0.1) is 5.92 Å². The molecule has 1 aliphatic heterocycles. The third-order valence-corrected chi connectivity index (χ3v) is 5.32. The number of imide groups is 1. The zero-order valence-corrected chi connectivity index (χ0v) is 18.3. The predicted molar refractivity (Wildman–Crippen MR) is 111 cm³/mol. The second-order valence-electron chi connectivity index (χ2n) is 8.03. The Morgan fingerprint density at radius 2 is 1.70 bits per heavy atom. The number of hydrogen-bond acceptors (Lipinski definition) is 6. The first-order valence-corrected chi connectivity index (χ1v) is 10.4. The van der Waals surface area contributed by atoms with E-state index in [2.05, 4.69) is 5.32 Å². The number of carbonyl (C=O) groups excluding carboxylic acids is 5. The van der Waals surface area contributed by atoms with E-state index in [1.54, 1.807) is 13.8 Å². The van der Waals surface area contributed by atoms with Crippen LogP contribution in [-0.2, 0) is 24.0 Å². The highest BCUT2D eigenvalue weighted by atomic mass is 16.2. The molecule has 30 heavy (non-hydrogen) atoms. The van der Waals surface area contributed by atoms with Gasteiger partial charge in [-0.05, 0) is 44.6 Å². The van der Waals surface area contributed by atoms with E-state index in [1.165, 1.54) is 18.7 Å². The fraction of sp³-hybridized carbons (Fsp3) is 0.750. The zero-order valence-electron chi connectivity index (χ0n) is 18.3. The van der Waals surface area contributed by atoms with Crippen molar-refractivity contribution in [2.24, 2.45) is 17.4 Å². The molecule has 0 aromatic rings. The van der Waals surface area contributed by atoms with Crippen LogP contribution in [0.15, 0.2) is 0 Å². The van der Waals surface area contributed by atoms with Gasteiger partial charge < -0.3 is 21.7 Å². The van der Waals surface area contributed by atoms with Crippen LogP contribution in [0.4, 0.5) is 0 Å². The van der Waals surface area contributed by atoms with E-state index in [-0.39, 0.29) is 12.3 Å². The molecule has 0 unspecified atom stereocenters. The first-order chi connectivity index (χ1) is 14.0. The molecule has 5 N–H and O–H groups in total. The number of nitrogens with zero attached hydrogens (tertiary/aromatic N) is 2. The molecule has 1 fully saturated rings. The molecule has 1 saturated heterocycles. The van der Waals surface area contributed by atoms with Crippen LogP contribution in [0.25, 0.3) is 0 Å². The van der Waals surface area contributed by atoms with Gasteiger partial charge in [-0.15, -0.1) is 0 Å². The number of rotatable bonds is 10. The maximum atomic E-state index is 13.3. The molecule has 3 atom stereocenters. The van der Waals surface area contributed by atoms with Crippen LogP contribution in [0.1, 0.15) is 59.8 Å². The summed E-state index contributed by atoms with van der Waals surface area (Å²) in [5.74, 6) is -2.81. The van der Waals surface area contributed by atoms with E-state index in [0.29, 0.717) is 38.8 Å². The van der Waals surface area contributed by atoms with Crippen molar-refractivity contribution in [3.8, 4) is 0 Å². The van der Waals surface area contributed by atoms with Crippen molar-refractivity contribution in [3.05, 3.63) is 0 Å².